The smallest absolute Gasteiger partial charge is 0.261 e. The first-order valence-corrected chi connectivity index (χ1v) is 9.82. The Labute approximate surface area is 171 Å². The molecule has 1 aromatic heterocycles. The van der Waals surface area contributed by atoms with Crippen molar-refractivity contribution in [2.75, 3.05) is 26.7 Å². The Hall–Kier alpha value is -3.22. The van der Waals surface area contributed by atoms with Crippen LogP contribution in [0.3, 0.4) is 0 Å². The molecule has 1 aliphatic rings. The molecule has 1 aromatic carbocycles. The van der Waals surface area contributed by atoms with Crippen molar-refractivity contribution in [2.45, 2.75) is 26.3 Å². The summed E-state index contributed by atoms with van der Waals surface area (Å²) < 4.78 is 5.05. The number of benzene rings is 1. The van der Waals surface area contributed by atoms with Gasteiger partial charge in [0.15, 0.2) is 0 Å². The van der Waals surface area contributed by atoms with Gasteiger partial charge in [0.25, 0.3) is 11.8 Å². The Kier molecular flexibility index (Phi) is 6.94. The summed E-state index contributed by atoms with van der Waals surface area (Å²) in [6, 6.07) is 10.8. The van der Waals surface area contributed by atoms with Crippen molar-refractivity contribution in [3.8, 4) is 5.88 Å². The number of carbonyl (C=O) groups excluding carboxylic acids is 2. The zero-order valence-electron chi connectivity index (χ0n) is 16.9. The zero-order valence-corrected chi connectivity index (χ0v) is 16.9. The highest BCUT2D eigenvalue weighted by Gasteiger charge is 2.34. The molecule has 29 heavy (non-hydrogen) atoms. The number of amides is 2. The van der Waals surface area contributed by atoms with Crippen molar-refractivity contribution in [1.29, 1.82) is 0 Å². The van der Waals surface area contributed by atoms with Gasteiger partial charge in [-0.3, -0.25) is 19.5 Å². The number of rotatable bonds is 10. The predicted molar refractivity (Wildman–Crippen MR) is 111 cm³/mol. The maximum atomic E-state index is 12.4. The third kappa shape index (κ3) is 4.99. The lowest BCUT2D eigenvalue weighted by molar-refractivity contribution is 0.0651. The number of methoxy groups -OCH3 is 1. The van der Waals surface area contributed by atoms with E-state index in [0.717, 1.165) is 31.5 Å². The fraction of sp³-hybridized carbons (Fsp3) is 0.364. The Bertz CT molecular complexity index is 845. The molecule has 0 bridgehead atoms. The molecule has 0 aliphatic carbocycles. The number of ether oxygens (including phenoxy) is 1. The second kappa shape index (κ2) is 9.82. The minimum absolute atomic E-state index is 0.187. The third-order valence-electron chi connectivity index (χ3n) is 4.89. The molecule has 2 aromatic rings. The molecule has 3 rings (SSSR count). The summed E-state index contributed by atoms with van der Waals surface area (Å²) in [5.74, 6) is 0.214. The van der Waals surface area contributed by atoms with E-state index in [9.17, 15) is 9.59 Å². The van der Waals surface area contributed by atoms with Crippen LogP contribution in [-0.4, -0.2) is 59.7 Å². The maximum absolute atomic E-state index is 12.4. The van der Waals surface area contributed by atoms with Crippen molar-refractivity contribution in [2.24, 2.45) is 4.99 Å². The number of hydrogen-bond acceptors (Lipinski definition) is 5. The lowest BCUT2D eigenvalue weighted by Crippen LogP contribution is -2.31. The highest BCUT2D eigenvalue weighted by molar-refractivity contribution is 6.21. The van der Waals surface area contributed by atoms with Gasteiger partial charge in [-0.1, -0.05) is 18.2 Å². The first-order chi connectivity index (χ1) is 14.1. The van der Waals surface area contributed by atoms with Gasteiger partial charge in [-0.25, -0.2) is 4.98 Å². The molecule has 0 spiro atoms. The van der Waals surface area contributed by atoms with E-state index in [4.69, 9.17) is 4.74 Å². The molecular weight excluding hydrogens is 368 g/mol. The van der Waals surface area contributed by atoms with Gasteiger partial charge in [-0.15, -0.1) is 0 Å². The molecular formula is C22H26N4O3. The van der Waals surface area contributed by atoms with Crippen LogP contribution in [0.25, 0.3) is 0 Å². The van der Waals surface area contributed by atoms with E-state index >= 15 is 0 Å². The van der Waals surface area contributed by atoms with Crippen LogP contribution in [0.5, 0.6) is 5.88 Å². The van der Waals surface area contributed by atoms with Crippen molar-refractivity contribution in [3.05, 3.63) is 59.3 Å². The topological polar surface area (TPSA) is 75.1 Å². The third-order valence-corrected chi connectivity index (χ3v) is 4.89. The average Bonchev–Trinajstić information content (AvgIpc) is 3.00. The number of unbranched alkanes of at least 4 members (excludes halogenated alkanes) is 1. The van der Waals surface area contributed by atoms with Gasteiger partial charge in [0.05, 0.1) is 31.1 Å². The SMILES string of the molecule is CCN(C=NCc1ccc(OC)nc1)CCCCN1C(=O)c2ccccc2C1=O. The van der Waals surface area contributed by atoms with E-state index < -0.39 is 0 Å². The molecule has 7 nitrogen and oxygen atoms in total. The van der Waals surface area contributed by atoms with E-state index in [0.29, 0.717) is 30.1 Å². The molecule has 7 heteroatoms. The zero-order chi connectivity index (χ0) is 20.6. The molecule has 152 valence electrons. The quantitative estimate of drug-likeness (QED) is 0.268. The lowest BCUT2D eigenvalue weighted by Gasteiger charge is -2.18. The van der Waals surface area contributed by atoms with E-state index in [1.165, 1.54) is 4.90 Å². The van der Waals surface area contributed by atoms with Crippen LogP contribution in [0.1, 0.15) is 46.0 Å². The van der Waals surface area contributed by atoms with Gasteiger partial charge in [0.2, 0.25) is 5.88 Å². The Morgan fingerprint density at radius 3 is 2.41 bits per heavy atom. The number of fused-ring (bicyclic) bond motifs is 1. The number of carbonyl (C=O) groups is 2. The number of pyridine rings is 1. The number of imide groups is 1. The minimum atomic E-state index is -0.187. The molecule has 2 heterocycles. The van der Waals surface area contributed by atoms with Gasteiger partial charge in [0.1, 0.15) is 0 Å². The van der Waals surface area contributed by atoms with E-state index in [-0.39, 0.29) is 11.8 Å². The first-order valence-electron chi connectivity index (χ1n) is 9.82. The molecule has 0 unspecified atom stereocenters. The maximum Gasteiger partial charge on any atom is 0.261 e. The largest absolute Gasteiger partial charge is 0.481 e. The second-order valence-electron chi connectivity index (χ2n) is 6.81. The number of aliphatic imine (C=N–C) groups is 1. The van der Waals surface area contributed by atoms with Gasteiger partial charge >= 0.3 is 0 Å². The van der Waals surface area contributed by atoms with Gasteiger partial charge in [0, 0.05) is 31.9 Å². The summed E-state index contributed by atoms with van der Waals surface area (Å²) in [5.41, 5.74) is 2.03. The summed E-state index contributed by atoms with van der Waals surface area (Å²) in [6.07, 6.45) is 5.25. The molecule has 0 fully saturated rings. The number of aromatic nitrogens is 1. The number of hydrogen-bond donors (Lipinski definition) is 0. The van der Waals surface area contributed by atoms with Crippen LogP contribution in [-0.2, 0) is 6.54 Å². The Balaban J connectivity index is 1.42. The molecule has 1 aliphatic heterocycles. The molecule has 0 saturated carbocycles. The fourth-order valence-electron chi connectivity index (χ4n) is 3.21. The monoisotopic (exact) mass is 394 g/mol. The van der Waals surface area contributed by atoms with E-state index in [1.54, 1.807) is 37.6 Å². The van der Waals surface area contributed by atoms with Crippen LogP contribution in [0, 0.1) is 0 Å². The van der Waals surface area contributed by atoms with Gasteiger partial charge in [-0.2, -0.15) is 0 Å². The summed E-state index contributed by atoms with van der Waals surface area (Å²) in [6.45, 7) is 4.74. The highest BCUT2D eigenvalue weighted by atomic mass is 16.5. The van der Waals surface area contributed by atoms with Crippen molar-refractivity contribution in [3.63, 3.8) is 0 Å². The van der Waals surface area contributed by atoms with Crippen molar-refractivity contribution >= 4 is 18.2 Å². The van der Waals surface area contributed by atoms with E-state index in [2.05, 4.69) is 21.8 Å². The summed E-state index contributed by atoms with van der Waals surface area (Å²) in [5, 5.41) is 0. The van der Waals surface area contributed by atoms with Crippen molar-refractivity contribution in [1.82, 2.24) is 14.8 Å². The minimum Gasteiger partial charge on any atom is -0.481 e. The second-order valence-corrected chi connectivity index (χ2v) is 6.81. The molecule has 0 radical (unpaired) electrons. The predicted octanol–water partition coefficient (Wildman–Crippen LogP) is 3.02. The van der Waals surface area contributed by atoms with Crippen LogP contribution in [0.15, 0.2) is 47.6 Å². The summed E-state index contributed by atoms with van der Waals surface area (Å²) >= 11 is 0. The molecule has 0 N–H and O–H groups in total. The average molecular weight is 394 g/mol. The summed E-state index contributed by atoms with van der Waals surface area (Å²) in [4.78, 5) is 36.9. The standard InChI is InChI=1S/C22H26N4O3/c1-3-25(16-23-14-17-10-11-20(29-2)24-15-17)12-6-7-13-26-21(27)18-8-4-5-9-19(18)22(26)28/h4-5,8-11,15-16H,3,6-7,12-14H2,1-2H3. The van der Waals surface area contributed by atoms with Crippen LogP contribution in [0.2, 0.25) is 0 Å². The van der Waals surface area contributed by atoms with Crippen molar-refractivity contribution < 1.29 is 14.3 Å². The lowest BCUT2D eigenvalue weighted by atomic mass is 10.1. The number of nitrogens with zero attached hydrogens (tertiary/aromatic N) is 4. The van der Waals surface area contributed by atoms with Crippen LogP contribution in [0.4, 0.5) is 0 Å². The Morgan fingerprint density at radius 1 is 1.10 bits per heavy atom. The first kappa shape index (κ1) is 20.5. The highest BCUT2D eigenvalue weighted by Crippen LogP contribution is 2.22. The Morgan fingerprint density at radius 2 is 1.83 bits per heavy atom. The normalized spacial score (nSPS) is 13.2. The van der Waals surface area contributed by atoms with Gasteiger partial charge < -0.3 is 9.64 Å². The molecule has 0 atom stereocenters. The van der Waals surface area contributed by atoms with Gasteiger partial charge in [-0.05, 0) is 37.5 Å². The molecule has 2 amide bonds. The van der Waals surface area contributed by atoms with Crippen LogP contribution >= 0.6 is 0 Å². The summed E-state index contributed by atoms with van der Waals surface area (Å²) in [7, 11) is 1.59. The van der Waals surface area contributed by atoms with Crippen LogP contribution < -0.4 is 4.74 Å². The molecule has 0 saturated heterocycles. The fourth-order valence-corrected chi connectivity index (χ4v) is 3.21. The van der Waals surface area contributed by atoms with E-state index in [1.807, 2.05) is 18.5 Å².